The number of rotatable bonds is 8. The van der Waals surface area contributed by atoms with Gasteiger partial charge in [-0.3, -0.25) is 9.69 Å². The van der Waals surface area contributed by atoms with Crippen LogP contribution < -0.4 is 19.5 Å². The van der Waals surface area contributed by atoms with Crippen molar-refractivity contribution in [2.45, 2.75) is 38.3 Å². The summed E-state index contributed by atoms with van der Waals surface area (Å²) in [6.07, 6.45) is 4.10. The number of ether oxygens (including phenoxy) is 4. The topological polar surface area (TPSA) is 144 Å². The molecule has 1 aromatic rings. The molecule has 3 rings (SSSR count). The fourth-order valence-corrected chi connectivity index (χ4v) is 4.00. The molecule has 2 aliphatic heterocycles. The average Bonchev–Trinajstić information content (AvgIpc) is 3.36. The lowest BCUT2D eigenvalue weighted by Crippen LogP contribution is -2.42. The first-order valence-electron chi connectivity index (χ1n) is 11.2. The molecule has 0 aromatic heterocycles. The van der Waals surface area contributed by atoms with Crippen molar-refractivity contribution in [2.24, 2.45) is 5.92 Å². The molecular formula is C23H34N2O9. The van der Waals surface area contributed by atoms with Crippen LogP contribution in [0.1, 0.15) is 31.2 Å². The van der Waals surface area contributed by atoms with Crippen LogP contribution in [0.4, 0.5) is 0 Å². The van der Waals surface area contributed by atoms with Crippen LogP contribution in [0.5, 0.6) is 17.2 Å². The fourth-order valence-electron chi connectivity index (χ4n) is 4.00. The van der Waals surface area contributed by atoms with Crippen molar-refractivity contribution in [1.82, 2.24) is 10.2 Å². The minimum absolute atomic E-state index is 0.0950. The Labute approximate surface area is 198 Å². The number of aliphatic carboxylic acids is 2. The van der Waals surface area contributed by atoms with Gasteiger partial charge in [0.25, 0.3) is 0 Å². The van der Waals surface area contributed by atoms with E-state index in [1.807, 2.05) is 12.1 Å². The normalized spacial score (nSPS) is 18.4. The van der Waals surface area contributed by atoms with Gasteiger partial charge in [-0.05, 0) is 56.5 Å². The Hall–Kier alpha value is -3.05. The summed E-state index contributed by atoms with van der Waals surface area (Å²) in [5.41, 5.74) is 1.11. The van der Waals surface area contributed by atoms with Gasteiger partial charge in [0.1, 0.15) is 0 Å². The summed E-state index contributed by atoms with van der Waals surface area (Å²) >= 11 is 0. The molecule has 2 fully saturated rings. The van der Waals surface area contributed by atoms with Crippen LogP contribution in [-0.4, -0.2) is 86.6 Å². The van der Waals surface area contributed by atoms with E-state index in [2.05, 4.69) is 10.2 Å². The zero-order valence-corrected chi connectivity index (χ0v) is 19.9. The molecule has 0 bridgehead atoms. The quantitative estimate of drug-likeness (QED) is 0.465. The Kier molecular flexibility index (Phi) is 10.9. The summed E-state index contributed by atoms with van der Waals surface area (Å²) < 4.78 is 21.8. The molecule has 0 saturated carbocycles. The maximum absolute atomic E-state index is 12.4. The number of benzene rings is 1. The lowest BCUT2D eigenvalue weighted by atomic mass is 9.95. The Morgan fingerprint density at radius 2 is 1.59 bits per heavy atom. The van der Waals surface area contributed by atoms with E-state index in [0.717, 1.165) is 57.5 Å². The van der Waals surface area contributed by atoms with Gasteiger partial charge in [0.05, 0.1) is 27.4 Å². The van der Waals surface area contributed by atoms with E-state index in [1.54, 1.807) is 21.3 Å². The number of nitrogens with zero attached hydrogens (tertiary/aromatic N) is 1. The third-order valence-corrected chi connectivity index (χ3v) is 5.80. The van der Waals surface area contributed by atoms with Gasteiger partial charge in [-0.25, -0.2) is 9.59 Å². The van der Waals surface area contributed by atoms with E-state index in [-0.39, 0.29) is 17.9 Å². The summed E-state index contributed by atoms with van der Waals surface area (Å²) in [6.45, 7) is 4.05. The second-order valence-corrected chi connectivity index (χ2v) is 8.07. The third-order valence-electron chi connectivity index (χ3n) is 5.80. The first-order valence-corrected chi connectivity index (χ1v) is 11.2. The molecule has 0 radical (unpaired) electrons. The smallest absolute Gasteiger partial charge is 0.414 e. The second-order valence-electron chi connectivity index (χ2n) is 8.07. The van der Waals surface area contributed by atoms with Crippen molar-refractivity contribution in [2.75, 3.05) is 47.6 Å². The lowest BCUT2D eigenvalue weighted by Gasteiger charge is -2.31. The first-order chi connectivity index (χ1) is 16.3. The zero-order chi connectivity index (χ0) is 25.1. The SMILES string of the molecule is COc1cc(CN2CCC(C(=O)NCC3CCCO3)CC2)cc(OC)c1OC.O=C(O)C(=O)O. The van der Waals surface area contributed by atoms with Crippen molar-refractivity contribution < 1.29 is 43.5 Å². The molecule has 2 heterocycles. The predicted octanol–water partition coefficient (Wildman–Crippen LogP) is 1.38. The zero-order valence-electron chi connectivity index (χ0n) is 19.9. The third kappa shape index (κ3) is 8.07. The van der Waals surface area contributed by atoms with Crippen molar-refractivity contribution in [3.8, 4) is 17.2 Å². The number of carboxylic acid groups (broad SMARTS) is 2. The second kappa shape index (κ2) is 13.6. The lowest BCUT2D eigenvalue weighted by molar-refractivity contribution is -0.159. The molecule has 0 aliphatic carbocycles. The Morgan fingerprint density at radius 1 is 1.00 bits per heavy atom. The van der Waals surface area contributed by atoms with Crippen LogP contribution in [0, 0.1) is 5.92 Å². The highest BCUT2D eigenvalue weighted by Crippen LogP contribution is 2.38. The largest absolute Gasteiger partial charge is 0.493 e. The van der Waals surface area contributed by atoms with E-state index in [0.29, 0.717) is 23.8 Å². The van der Waals surface area contributed by atoms with Crippen molar-refractivity contribution in [1.29, 1.82) is 0 Å². The van der Waals surface area contributed by atoms with Crippen LogP contribution in [0.25, 0.3) is 0 Å². The predicted molar refractivity (Wildman–Crippen MR) is 121 cm³/mol. The van der Waals surface area contributed by atoms with Gasteiger partial charge in [-0.2, -0.15) is 0 Å². The molecule has 1 atom stereocenters. The van der Waals surface area contributed by atoms with Crippen molar-refractivity contribution >= 4 is 17.8 Å². The number of amides is 1. The van der Waals surface area contributed by atoms with Gasteiger partial charge in [-0.1, -0.05) is 0 Å². The number of hydrogen-bond donors (Lipinski definition) is 3. The minimum atomic E-state index is -1.82. The molecule has 34 heavy (non-hydrogen) atoms. The summed E-state index contributed by atoms with van der Waals surface area (Å²) in [7, 11) is 4.86. The van der Waals surface area contributed by atoms with Gasteiger partial charge in [0.15, 0.2) is 11.5 Å². The van der Waals surface area contributed by atoms with Gasteiger partial charge in [-0.15, -0.1) is 0 Å². The molecule has 0 spiro atoms. The molecule has 11 heteroatoms. The summed E-state index contributed by atoms with van der Waals surface area (Å²) in [5, 5.41) is 17.9. The molecule has 190 valence electrons. The molecule has 1 amide bonds. The molecule has 1 unspecified atom stereocenters. The number of hydrogen-bond acceptors (Lipinski definition) is 8. The number of likely N-dealkylation sites (tertiary alicyclic amines) is 1. The maximum Gasteiger partial charge on any atom is 0.414 e. The number of nitrogens with one attached hydrogen (secondary N) is 1. The Morgan fingerprint density at radius 3 is 2.03 bits per heavy atom. The van der Waals surface area contributed by atoms with Crippen LogP contribution in [0.2, 0.25) is 0 Å². The first kappa shape index (κ1) is 27.2. The van der Waals surface area contributed by atoms with Crippen LogP contribution in [0.15, 0.2) is 12.1 Å². The summed E-state index contributed by atoms with van der Waals surface area (Å²) in [4.78, 5) is 33.0. The van der Waals surface area contributed by atoms with Crippen molar-refractivity contribution in [3.05, 3.63) is 17.7 Å². The van der Waals surface area contributed by atoms with E-state index in [1.165, 1.54) is 0 Å². The van der Waals surface area contributed by atoms with Gasteiger partial charge in [0, 0.05) is 25.6 Å². The molecule has 11 nitrogen and oxygen atoms in total. The molecule has 3 N–H and O–H groups in total. The number of carbonyl (C=O) groups is 3. The van der Waals surface area contributed by atoms with Gasteiger partial charge >= 0.3 is 11.9 Å². The van der Waals surface area contributed by atoms with Gasteiger partial charge < -0.3 is 34.5 Å². The number of carbonyl (C=O) groups excluding carboxylic acids is 1. The molecular weight excluding hydrogens is 448 g/mol. The molecule has 2 aliphatic rings. The van der Waals surface area contributed by atoms with Crippen LogP contribution in [0.3, 0.4) is 0 Å². The van der Waals surface area contributed by atoms with Crippen LogP contribution >= 0.6 is 0 Å². The highest BCUT2D eigenvalue weighted by Gasteiger charge is 2.26. The summed E-state index contributed by atoms with van der Waals surface area (Å²) in [5.74, 6) is -1.44. The van der Waals surface area contributed by atoms with E-state index in [4.69, 9.17) is 38.7 Å². The monoisotopic (exact) mass is 482 g/mol. The highest BCUT2D eigenvalue weighted by atomic mass is 16.5. The Balaban J connectivity index is 0.000000604. The van der Waals surface area contributed by atoms with E-state index in [9.17, 15) is 4.79 Å². The molecule has 1 aromatic carbocycles. The maximum atomic E-state index is 12.4. The van der Waals surface area contributed by atoms with Crippen LogP contribution in [-0.2, 0) is 25.7 Å². The van der Waals surface area contributed by atoms with E-state index < -0.39 is 11.9 Å². The van der Waals surface area contributed by atoms with Crippen molar-refractivity contribution in [3.63, 3.8) is 0 Å². The minimum Gasteiger partial charge on any atom is -0.493 e. The number of piperidine rings is 1. The highest BCUT2D eigenvalue weighted by molar-refractivity contribution is 6.27. The average molecular weight is 483 g/mol. The Bertz CT molecular complexity index is 795. The fraction of sp³-hybridized carbons (Fsp3) is 0.609. The van der Waals surface area contributed by atoms with Gasteiger partial charge in [0.2, 0.25) is 11.7 Å². The number of carboxylic acids is 2. The summed E-state index contributed by atoms with van der Waals surface area (Å²) in [6, 6.07) is 3.98. The van der Waals surface area contributed by atoms with E-state index >= 15 is 0 Å². The molecule has 2 saturated heterocycles. The number of methoxy groups -OCH3 is 3. The standard InChI is InChI=1S/C21H32N2O5.C2H2O4/c1-25-18-11-15(12-19(26-2)20(18)27-3)14-23-8-6-16(7-9-23)21(24)22-13-17-5-4-10-28-17;3-1(4)2(5)6/h11-12,16-17H,4-10,13-14H2,1-3H3,(H,22,24);(H,3,4)(H,5,6).